The van der Waals surface area contributed by atoms with Crippen LogP contribution in [0.4, 0.5) is 16.0 Å². The van der Waals surface area contributed by atoms with Crippen LogP contribution in [0.3, 0.4) is 0 Å². The van der Waals surface area contributed by atoms with E-state index < -0.39 is 11.7 Å². The normalized spacial score (nSPS) is 19.2. The molecule has 186 valence electrons. The number of hydrogen-bond acceptors (Lipinski definition) is 7. The van der Waals surface area contributed by atoms with Gasteiger partial charge in [0.2, 0.25) is 11.8 Å². The molecule has 0 aromatic carbocycles. The molecule has 9 nitrogen and oxygen atoms in total. The fraction of sp³-hybridized carbons (Fsp3) is 0.520. The van der Waals surface area contributed by atoms with Crippen molar-refractivity contribution < 1.29 is 13.9 Å². The summed E-state index contributed by atoms with van der Waals surface area (Å²) >= 11 is 0. The summed E-state index contributed by atoms with van der Waals surface area (Å²) in [5, 5.41) is 6.19. The molecule has 3 aromatic rings. The summed E-state index contributed by atoms with van der Waals surface area (Å²) in [5.41, 5.74) is 1.43. The zero-order valence-corrected chi connectivity index (χ0v) is 20.3. The molecule has 1 unspecified atom stereocenters. The van der Waals surface area contributed by atoms with E-state index in [1.165, 1.54) is 31.5 Å². The van der Waals surface area contributed by atoms with Gasteiger partial charge in [0.25, 0.3) is 5.91 Å². The number of halogens is 1. The molecule has 0 aliphatic carbocycles. The van der Waals surface area contributed by atoms with E-state index >= 15 is 0 Å². The van der Waals surface area contributed by atoms with Crippen LogP contribution in [0, 0.1) is 24.6 Å². The summed E-state index contributed by atoms with van der Waals surface area (Å²) < 4.78 is 21.7. The Morgan fingerprint density at radius 2 is 2.06 bits per heavy atom. The average molecular weight is 482 g/mol. The van der Waals surface area contributed by atoms with E-state index in [1.807, 2.05) is 6.92 Å². The second-order valence-corrected chi connectivity index (χ2v) is 9.40. The van der Waals surface area contributed by atoms with Gasteiger partial charge in [0, 0.05) is 37.7 Å². The third-order valence-electron chi connectivity index (χ3n) is 6.94. The number of anilines is 2. The fourth-order valence-electron chi connectivity index (χ4n) is 5.25. The molecule has 2 aliphatic heterocycles. The SMILES string of the molecule is CCOc1nc(N2CCCC(C3CCNCC3)C2)ncc1C(=O)Nc1cc(F)c2nc(C)cn2c1. The van der Waals surface area contributed by atoms with Crippen LogP contribution in [0.2, 0.25) is 0 Å². The Balaban J connectivity index is 1.34. The number of hydrogen-bond donors (Lipinski definition) is 2. The lowest BCUT2D eigenvalue weighted by molar-refractivity contribution is 0.102. The molecular formula is C25H32FN7O2. The van der Waals surface area contributed by atoms with Crippen LogP contribution < -0.4 is 20.3 Å². The van der Waals surface area contributed by atoms with E-state index in [-0.39, 0.29) is 17.1 Å². The Morgan fingerprint density at radius 3 is 2.86 bits per heavy atom. The van der Waals surface area contributed by atoms with E-state index in [1.54, 1.807) is 23.7 Å². The lowest BCUT2D eigenvalue weighted by Gasteiger charge is -2.38. The lowest BCUT2D eigenvalue weighted by Crippen LogP contribution is -2.42. The molecule has 0 saturated carbocycles. The molecule has 0 bridgehead atoms. The number of fused-ring (bicyclic) bond motifs is 1. The second kappa shape index (κ2) is 10.2. The Labute approximate surface area is 204 Å². The van der Waals surface area contributed by atoms with Crippen molar-refractivity contribution in [3.8, 4) is 5.88 Å². The predicted octanol–water partition coefficient (Wildman–Crippen LogP) is 3.44. The van der Waals surface area contributed by atoms with Gasteiger partial charge in [-0.25, -0.2) is 14.4 Å². The number of piperidine rings is 2. The Kier molecular flexibility index (Phi) is 6.81. The number of nitrogens with one attached hydrogen (secondary N) is 2. The monoisotopic (exact) mass is 481 g/mol. The summed E-state index contributed by atoms with van der Waals surface area (Å²) in [6.07, 6.45) is 9.60. The first-order valence-electron chi connectivity index (χ1n) is 12.4. The van der Waals surface area contributed by atoms with Crippen molar-refractivity contribution in [3.05, 3.63) is 41.7 Å². The van der Waals surface area contributed by atoms with Gasteiger partial charge in [0.1, 0.15) is 5.56 Å². The Hall–Kier alpha value is -3.27. The molecule has 1 amide bonds. The number of nitrogens with zero attached hydrogens (tertiary/aromatic N) is 5. The van der Waals surface area contributed by atoms with Crippen LogP contribution in [-0.4, -0.2) is 58.0 Å². The van der Waals surface area contributed by atoms with Crippen molar-refractivity contribution >= 4 is 23.2 Å². The molecule has 1 atom stereocenters. The summed E-state index contributed by atoms with van der Waals surface area (Å²) in [6, 6.07) is 1.25. The Bertz CT molecular complexity index is 1210. The van der Waals surface area contributed by atoms with E-state index in [2.05, 4.69) is 30.5 Å². The quantitative estimate of drug-likeness (QED) is 0.557. The topological polar surface area (TPSA) is 96.7 Å². The highest BCUT2D eigenvalue weighted by molar-refractivity contribution is 6.05. The van der Waals surface area contributed by atoms with Crippen molar-refractivity contribution in [2.75, 3.05) is 43.0 Å². The standard InChI is InChI=1S/C25H32FN7O2/c1-3-35-24-20(23(34)30-19-11-21(26)22-29-16(2)13-33(22)15-19)12-28-25(31-24)32-10-4-5-18(14-32)17-6-8-27-9-7-17/h11-13,15,17-18,27H,3-10,14H2,1-2H3,(H,30,34). The van der Waals surface area contributed by atoms with Gasteiger partial charge in [-0.15, -0.1) is 0 Å². The van der Waals surface area contributed by atoms with Crippen molar-refractivity contribution in [1.29, 1.82) is 0 Å². The largest absolute Gasteiger partial charge is 0.477 e. The van der Waals surface area contributed by atoms with Crippen LogP contribution in [0.15, 0.2) is 24.7 Å². The number of aryl methyl sites for hydroxylation is 1. The number of pyridine rings is 1. The minimum absolute atomic E-state index is 0.213. The number of aromatic nitrogens is 4. The molecular weight excluding hydrogens is 449 g/mol. The second-order valence-electron chi connectivity index (χ2n) is 9.40. The third kappa shape index (κ3) is 5.07. The lowest BCUT2D eigenvalue weighted by atomic mass is 9.80. The van der Waals surface area contributed by atoms with Crippen molar-refractivity contribution in [2.24, 2.45) is 11.8 Å². The van der Waals surface area contributed by atoms with Gasteiger partial charge in [0.15, 0.2) is 11.5 Å². The van der Waals surface area contributed by atoms with Crippen molar-refractivity contribution in [2.45, 2.75) is 39.5 Å². The molecule has 5 heterocycles. The van der Waals surface area contributed by atoms with Gasteiger partial charge in [-0.2, -0.15) is 4.98 Å². The maximum atomic E-state index is 14.4. The summed E-state index contributed by atoms with van der Waals surface area (Å²) in [7, 11) is 0. The number of carbonyl (C=O) groups excluding carboxylic acids is 1. The smallest absolute Gasteiger partial charge is 0.262 e. The first kappa shape index (κ1) is 23.5. The molecule has 2 aliphatic rings. The van der Waals surface area contributed by atoms with Crippen LogP contribution >= 0.6 is 0 Å². The molecule has 2 N–H and O–H groups in total. The van der Waals surface area contributed by atoms with Gasteiger partial charge < -0.3 is 24.7 Å². The zero-order valence-electron chi connectivity index (χ0n) is 20.3. The number of rotatable bonds is 6. The van der Waals surface area contributed by atoms with Crippen LogP contribution in [0.25, 0.3) is 5.65 Å². The fourth-order valence-corrected chi connectivity index (χ4v) is 5.25. The average Bonchev–Trinajstić information content (AvgIpc) is 3.25. The summed E-state index contributed by atoms with van der Waals surface area (Å²) in [5.74, 6) is 1.21. The molecule has 0 radical (unpaired) electrons. The zero-order chi connectivity index (χ0) is 24.4. The van der Waals surface area contributed by atoms with Crippen LogP contribution in [0.1, 0.15) is 48.7 Å². The minimum Gasteiger partial charge on any atom is -0.477 e. The first-order valence-corrected chi connectivity index (χ1v) is 12.4. The van der Waals surface area contributed by atoms with Gasteiger partial charge >= 0.3 is 0 Å². The van der Waals surface area contributed by atoms with Gasteiger partial charge in [-0.3, -0.25) is 4.79 Å². The maximum Gasteiger partial charge on any atom is 0.262 e. The van der Waals surface area contributed by atoms with E-state index in [0.29, 0.717) is 29.9 Å². The number of imidazole rings is 1. The van der Waals surface area contributed by atoms with Gasteiger partial charge in [-0.05, 0) is 64.5 Å². The molecule has 2 fully saturated rings. The van der Waals surface area contributed by atoms with E-state index in [9.17, 15) is 9.18 Å². The highest BCUT2D eigenvalue weighted by Gasteiger charge is 2.30. The molecule has 0 spiro atoms. The highest BCUT2D eigenvalue weighted by atomic mass is 19.1. The summed E-state index contributed by atoms with van der Waals surface area (Å²) in [6.45, 7) is 7.99. The highest BCUT2D eigenvalue weighted by Crippen LogP contribution is 2.32. The molecule has 35 heavy (non-hydrogen) atoms. The van der Waals surface area contributed by atoms with E-state index in [0.717, 1.165) is 38.5 Å². The Morgan fingerprint density at radius 1 is 1.23 bits per heavy atom. The predicted molar refractivity (Wildman–Crippen MR) is 132 cm³/mol. The number of amides is 1. The third-order valence-corrected chi connectivity index (χ3v) is 6.94. The van der Waals surface area contributed by atoms with Crippen LogP contribution in [-0.2, 0) is 0 Å². The molecule has 10 heteroatoms. The molecule has 2 saturated heterocycles. The molecule has 5 rings (SSSR count). The summed E-state index contributed by atoms with van der Waals surface area (Å²) in [4.78, 5) is 28.6. The molecule has 3 aromatic heterocycles. The maximum absolute atomic E-state index is 14.4. The van der Waals surface area contributed by atoms with Gasteiger partial charge in [-0.1, -0.05) is 0 Å². The van der Waals surface area contributed by atoms with Crippen LogP contribution in [0.5, 0.6) is 5.88 Å². The van der Waals surface area contributed by atoms with Crippen molar-refractivity contribution in [3.63, 3.8) is 0 Å². The van der Waals surface area contributed by atoms with E-state index in [4.69, 9.17) is 4.74 Å². The van der Waals surface area contributed by atoms with Crippen molar-refractivity contribution in [1.82, 2.24) is 24.7 Å². The first-order chi connectivity index (χ1) is 17.0. The van der Waals surface area contributed by atoms with Gasteiger partial charge in [0.05, 0.1) is 18.0 Å². The minimum atomic E-state index is -0.513. The number of carbonyl (C=O) groups is 1. The number of ether oxygens (including phenoxy) is 1.